The van der Waals surface area contributed by atoms with Gasteiger partial charge in [0.05, 0.1) is 21.2 Å². The number of amidine groups is 1. The van der Waals surface area contributed by atoms with Crippen molar-refractivity contribution < 1.29 is 17.8 Å². The summed E-state index contributed by atoms with van der Waals surface area (Å²) in [5.41, 5.74) is 4.75. The van der Waals surface area contributed by atoms with E-state index < -0.39 is 42.8 Å². The van der Waals surface area contributed by atoms with Crippen LogP contribution in [-0.2, 0) is 15.3 Å². The molecule has 11 heteroatoms. The average Bonchev–Trinajstić information content (AvgIpc) is 3.13. The number of nitrogens with one attached hydrogen (secondary N) is 1. The molecule has 0 spiro atoms. The van der Waals surface area contributed by atoms with Gasteiger partial charge in [0, 0.05) is 6.54 Å². The average molecular weight is 448 g/mol. The first-order chi connectivity index (χ1) is 14.5. The Balaban J connectivity index is 1.76. The first-order valence-electron chi connectivity index (χ1n) is 9.66. The second kappa shape index (κ2) is 7.04. The maximum absolute atomic E-state index is 14.9. The molecular formula is C20H22F2N6O2S. The van der Waals surface area contributed by atoms with E-state index >= 15 is 0 Å². The molecule has 0 radical (unpaired) electrons. The van der Waals surface area contributed by atoms with Crippen molar-refractivity contribution in [3.8, 4) is 0 Å². The van der Waals surface area contributed by atoms with Crippen molar-refractivity contribution >= 4 is 27.3 Å². The summed E-state index contributed by atoms with van der Waals surface area (Å²) in [5, 5.41) is 1.93. The van der Waals surface area contributed by atoms with Crippen LogP contribution in [-0.4, -0.2) is 42.5 Å². The molecule has 0 aliphatic carbocycles. The number of halogens is 2. The van der Waals surface area contributed by atoms with Gasteiger partial charge in [-0.25, -0.2) is 27.3 Å². The van der Waals surface area contributed by atoms with E-state index in [0.29, 0.717) is 13.0 Å². The van der Waals surface area contributed by atoms with Crippen LogP contribution in [0.15, 0.2) is 39.8 Å². The van der Waals surface area contributed by atoms with Gasteiger partial charge in [0.15, 0.2) is 0 Å². The Morgan fingerprint density at radius 1 is 1.23 bits per heavy atom. The molecule has 0 saturated heterocycles. The minimum atomic E-state index is -2.85. The Bertz CT molecular complexity index is 1220. The van der Waals surface area contributed by atoms with Gasteiger partial charge in [0.25, 0.3) is 5.91 Å². The Kier molecular flexibility index (Phi) is 4.84. The predicted octanol–water partition coefficient (Wildman–Crippen LogP) is 2.61. The highest BCUT2D eigenvalue weighted by Crippen LogP contribution is 2.47. The quantitative estimate of drug-likeness (QED) is 0.747. The molecule has 1 amide bonds. The van der Waals surface area contributed by atoms with Gasteiger partial charge in [-0.1, -0.05) is 0 Å². The number of amides is 1. The van der Waals surface area contributed by atoms with E-state index in [9.17, 15) is 17.8 Å². The molecule has 4 rings (SSSR count). The van der Waals surface area contributed by atoms with E-state index in [1.54, 1.807) is 20.8 Å². The number of rotatable bonds is 3. The summed E-state index contributed by atoms with van der Waals surface area (Å²) in [7, 11) is -2.85. The van der Waals surface area contributed by atoms with Crippen LogP contribution in [0.1, 0.15) is 43.4 Å². The number of carbonyl (C=O) groups is 1. The molecule has 3 atom stereocenters. The summed E-state index contributed by atoms with van der Waals surface area (Å²) in [4.78, 5) is 25.0. The number of fused-ring (bicyclic) bond motifs is 1. The van der Waals surface area contributed by atoms with Crippen molar-refractivity contribution in [1.29, 1.82) is 0 Å². The molecule has 164 valence electrons. The highest BCUT2D eigenvalue weighted by atomic mass is 32.2. The molecule has 3 N–H and O–H groups in total. The molecule has 2 aliphatic heterocycles. The van der Waals surface area contributed by atoms with Crippen molar-refractivity contribution in [3.63, 3.8) is 0 Å². The lowest BCUT2D eigenvalue weighted by molar-refractivity contribution is 0.102. The van der Waals surface area contributed by atoms with Gasteiger partial charge in [-0.15, -0.1) is 0 Å². The van der Waals surface area contributed by atoms with Crippen LogP contribution < -0.4 is 11.1 Å². The van der Waals surface area contributed by atoms with Crippen molar-refractivity contribution in [2.75, 3.05) is 11.9 Å². The molecule has 2 aromatic heterocycles. The maximum Gasteiger partial charge on any atom is 0.275 e. The molecule has 0 fully saturated rings. The fourth-order valence-corrected chi connectivity index (χ4v) is 7.18. The molecule has 0 saturated carbocycles. The summed E-state index contributed by atoms with van der Waals surface area (Å²) in [6, 6.07) is 4.77. The predicted molar refractivity (Wildman–Crippen MR) is 113 cm³/mol. The van der Waals surface area contributed by atoms with Gasteiger partial charge in [-0.2, -0.15) is 0 Å². The first kappa shape index (κ1) is 21.3. The third-order valence-corrected chi connectivity index (χ3v) is 9.62. The Labute approximate surface area is 178 Å². The van der Waals surface area contributed by atoms with E-state index in [0.717, 1.165) is 18.3 Å². The van der Waals surface area contributed by atoms with Gasteiger partial charge in [-0.3, -0.25) is 9.79 Å². The summed E-state index contributed by atoms with van der Waals surface area (Å²) < 4.78 is 45.2. The minimum Gasteiger partial charge on any atom is -0.386 e. The normalized spacial score (nSPS) is 28.9. The number of aromatic nitrogens is 2. The number of nitrogens with two attached hydrogens (primary N) is 1. The second-order valence-corrected chi connectivity index (χ2v) is 11.2. The van der Waals surface area contributed by atoms with Crippen LogP contribution >= 0.6 is 0 Å². The maximum atomic E-state index is 14.9. The minimum absolute atomic E-state index is 0.0282. The van der Waals surface area contributed by atoms with Crippen LogP contribution in [0.5, 0.6) is 0 Å². The highest BCUT2D eigenvalue weighted by Gasteiger charge is 2.57. The van der Waals surface area contributed by atoms with E-state index in [4.69, 9.17) is 5.73 Å². The fraction of sp³-hybridized carbons (Fsp3) is 0.400. The number of hydrogen-bond donors (Lipinski definition) is 2. The molecule has 0 unspecified atom stereocenters. The first-order valence-corrected chi connectivity index (χ1v) is 11.2. The number of hydrogen-bond acceptors (Lipinski definition) is 7. The van der Waals surface area contributed by atoms with Crippen molar-refractivity contribution in [2.24, 2.45) is 15.1 Å². The lowest BCUT2D eigenvalue weighted by atomic mass is 9.89. The van der Waals surface area contributed by atoms with Gasteiger partial charge < -0.3 is 11.1 Å². The largest absolute Gasteiger partial charge is 0.386 e. The van der Waals surface area contributed by atoms with E-state index in [1.165, 1.54) is 12.1 Å². The number of carbonyl (C=O) groups excluding carboxylic acids is 1. The molecular weight excluding hydrogens is 426 g/mol. The Hall–Kier alpha value is -2.95. The summed E-state index contributed by atoms with van der Waals surface area (Å²) in [6.45, 7) is 5.45. The number of anilines is 1. The van der Waals surface area contributed by atoms with Gasteiger partial charge in [0.2, 0.25) is 0 Å². The molecule has 4 heterocycles. The third-order valence-electron chi connectivity index (χ3n) is 5.91. The van der Waals surface area contributed by atoms with Crippen LogP contribution in [0.25, 0.3) is 0 Å². The van der Waals surface area contributed by atoms with Gasteiger partial charge >= 0.3 is 0 Å². The Morgan fingerprint density at radius 2 is 1.97 bits per heavy atom. The second-order valence-electron chi connectivity index (χ2n) is 8.20. The summed E-state index contributed by atoms with van der Waals surface area (Å²) in [5.74, 6) is -1.71. The van der Waals surface area contributed by atoms with Crippen molar-refractivity contribution in [2.45, 2.75) is 42.7 Å². The number of pyridine rings is 2. The summed E-state index contributed by atoms with van der Waals surface area (Å²) >= 11 is 0. The van der Waals surface area contributed by atoms with E-state index in [1.807, 2.05) is 0 Å². The zero-order valence-electron chi connectivity index (χ0n) is 17.2. The van der Waals surface area contributed by atoms with Crippen LogP contribution in [0, 0.1) is 11.6 Å². The summed E-state index contributed by atoms with van der Waals surface area (Å²) in [6.07, 6.45) is 1.37. The lowest BCUT2D eigenvalue weighted by Gasteiger charge is -2.44. The SMILES string of the molecule is CC1(C)C(N)=N[C@](C)(c2nc(NC(=O)c3ccc(F)cn3)ccc2F)[C@@H]2CCN=[S@@]21=O. The Morgan fingerprint density at radius 3 is 2.65 bits per heavy atom. The van der Waals surface area contributed by atoms with Crippen molar-refractivity contribution in [1.82, 2.24) is 9.97 Å². The molecule has 2 aromatic rings. The molecule has 0 aromatic carbocycles. The monoisotopic (exact) mass is 448 g/mol. The van der Waals surface area contributed by atoms with Crippen LogP contribution in [0.3, 0.4) is 0 Å². The molecule has 8 nitrogen and oxygen atoms in total. The smallest absolute Gasteiger partial charge is 0.275 e. The molecule has 31 heavy (non-hydrogen) atoms. The number of aliphatic imine (C=N–C) groups is 1. The number of nitrogens with zero attached hydrogens (tertiary/aromatic N) is 4. The van der Waals surface area contributed by atoms with Crippen LogP contribution in [0.2, 0.25) is 0 Å². The standard InChI is InChI=1S/C20H22F2N6O2S/c1-19(2)18(23)28-20(3,14-8-9-25-31(14,19)30)16-12(22)5-7-15(26-16)27-17(29)13-6-4-11(21)10-24-13/h4-7,10,14H,8-9H2,1-3H3,(H2,23,28)(H,26,27,29)/t14-,20-,31+/m0/s1. The van der Waals surface area contributed by atoms with Crippen LogP contribution in [0.4, 0.5) is 14.6 Å². The third kappa shape index (κ3) is 3.18. The van der Waals surface area contributed by atoms with Gasteiger partial charge in [0.1, 0.15) is 45.0 Å². The van der Waals surface area contributed by atoms with Crippen molar-refractivity contribution in [3.05, 3.63) is 53.5 Å². The molecule has 2 aliphatic rings. The lowest BCUT2D eigenvalue weighted by Crippen LogP contribution is -2.58. The van der Waals surface area contributed by atoms with E-state index in [-0.39, 0.29) is 23.0 Å². The molecule has 0 bridgehead atoms. The van der Waals surface area contributed by atoms with E-state index in [2.05, 4.69) is 24.6 Å². The highest BCUT2D eigenvalue weighted by molar-refractivity contribution is 7.96. The fourth-order valence-electron chi connectivity index (χ4n) is 4.03. The zero-order valence-corrected chi connectivity index (χ0v) is 18.0. The van der Waals surface area contributed by atoms with Gasteiger partial charge in [-0.05, 0) is 51.5 Å². The zero-order chi connectivity index (χ0) is 22.6. The topological polar surface area (TPSA) is 123 Å².